The number of carbonyl (C=O) groups excluding carboxylic acids is 4. The zero-order valence-corrected chi connectivity index (χ0v) is 17.6. The highest BCUT2D eigenvalue weighted by Gasteiger charge is 2.52. The van der Waals surface area contributed by atoms with Gasteiger partial charge in [0.1, 0.15) is 5.54 Å². The minimum atomic E-state index is -0.854. The van der Waals surface area contributed by atoms with Crippen LogP contribution in [0.3, 0.4) is 0 Å². The first-order valence-corrected chi connectivity index (χ1v) is 11.0. The topological polar surface area (TPSA) is 111 Å². The minimum absolute atomic E-state index is 0.00702. The van der Waals surface area contributed by atoms with Crippen molar-refractivity contribution in [3.8, 4) is 0 Å². The zero-order valence-electron chi connectivity index (χ0n) is 17.6. The molecule has 1 aliphatic carbocycles. The fourth-order valence-electron chi connectivity index (χ4n) is 4.70. The van der Waals surface area contributed by atoms with E-state index in [9.17, 15) is 19.2 Å². The number of amides is 5. The number of carbonyl (C=O) groups is 4. The van der Waals surface area contributed by atoms with Crippen molar-refractivity contribution in [2.24, 2.45) is 5.92 Å². The van der Waals surface area contributed by atoms with E-state index in [4.69, 9.17) is 0 Å². The smallest absolute Gasteiger partial charge is 0.326 e. The average molecular weight is 428 g/mol. The van der Waals surface area contributed by atoms with E-state index in [0.717, 1.165) is 30.0 Å². The van der Waals surface area contributed by atoms with Crippen LogP contribution in [0.2, 0.25) is 0 Å². The molecule has 3 N–H and O–H groups in total. The van der Waals surface area contributed by atoms with E-state index >= 15 is 0 Å². The third-order valence-electron chi connectivity index (χ3n) is 6.47. The van der Waals surface area contributed by atoms with E-state index in [2.05, 4.69) is 16.1 Å². The summed E-state index contributed by atoms with van der Waals surface area (Å²) in [5, 5.41) is 6.55. The van der Waals surface area contributed by atoms with Gasteiger partial charge in [-0.25, -0.2) is 4.79 Å². The molecule has 0 bridgehead atoms. The monoisotopic (exact) mass is 427 g/mol. The summed E-state index contributed by atoms with van der Waals surface area (Å²) in [6.07, 6.45) is 5.36. The SMILES string of the molecule is O=C(CN1CCC(C(=O)Nc2ccccc2)CC1)NN1C(=O)NC2(CCCCC2)C1=O. The van der Waals surface area contributed by atoms with Crippen LogP contribution in [-0.2, 0) is 14.4 Å². The maximum absolute atomic E-state index is 12.8. The van der Waals surface area contributed by atoms with E-state index in [-0.39, 0.29) is 24.3 Å². The number of anilines is 1. The van der Waals surface area contributed by atoms with Gasteiger partial charge in [-0.05, 0) is 50.9 Å². The average Bonchev–Trinajstić information content (AvgIpc) is 2.99. The molecule has 0 atom stereocenters. The Balaban J connectivity index is 1.23. The highest BCUT2D eigenvalue weighted by molar-refractivity contribution is 6.08. The van der Waals surface area contributed by atoms with E-state index in [1.807, 2.05) is 35.2 Å². The van der Waals surface area contributed by atoms with Crippen molar-refractivity contribution >= 4 is 29.4 Å². The predicted molar refractivity (Wildman–Crippen MR) is 114 cm³/mol. The Bertz CT molecular complexity index is 845. The molecule has 3 fully saturated rings. The van der Waals surface area contributed by atoms with E-state index < -0.39 is 17.5 Å². The van der Waals surface area contributed by atoms with Gasteiger partial charge in [-0.3, -0.25) is 24.7 Å². The molecular weight excluding hydrogens is 398 g/mol. The summed E-state index contributed by atoms with van der Waals surface area (Å²) in [5.74, 6) is -0.866. The van der Waals surface area contributed by atoms with Gasteiger partial charge >= 0.3 is 6.03 Å². The lowest BCUT2D eigenvalue weighted by molar-refractivity contribution is -0.140. The van der Waals surface area contributed by atoms with E-state index in [1.165, 1.54) is 0 Å². The number of urea groups is 1. The Morgan fingerprint density at radius 2 is 1.71 bits per heavy atom. The maximum Gasteiger partial charge on any atom is 0.344 e. The number of likely N-dealkylation sites (tertiary alicyclic amines) is 1. The summed E-state index contributed by atoms with van der Waals surface area (Å²) < 4.78 is 0. The molecule has 9 nitrogen and oxygen atoms in total. The van der Waals surface area contributed by atoms with Crippen LogP contribution in [0.4, 0.5) is 10.5 Å². The van der Waals surface area contributed by atoms with Crippen LogP contribution in [0.1, 0.15) is 44.9 Å². The third-order valence-corrected chi connectivity index (χ3v) is 6.47. The van der Waals surface area contributed by atoms with Crippen LogP contribution in [-0.4, -0.2) is 58.8 Å². The number of nitrogens with zero attached hydrogens (tertiary/aromatic N) is 2. The number of piperidine rings is 1. The second-order valence-electron chi connectivity index (χ2n) is 8.65. The molecule has 31 heavy (non-hydrogen) atoms. The Morgan fingerprint density at radius 1 is 1.03 bits per heavy atom. The number of nitrogens with one attached hydrogen (secondary N) is 3. The number of hydrogen-bond acceptors (Lipinski definition) is 5. The molecule has 2 aliphatic heterocycles. The van der Waals surface area contributed by atoms with Crippen LogP contribution in [0.25, 0.3) is 0 Å². The second-order valence-corrected chi connectivity index (χ2v) is 8.65. The molecule has 4 rings (SSSR count). The molecule has 5 amide bonds. The molecule has 166 valence electrons. The standard InChI is InChI=1S/C22H29N5O4/c28-18(25-27-20(30)22(24-21(27)31)11-5-2-6-12-22)15-26-13-9-16(10-14-26)19(29)23-17-7-3-1-4-8-17/h1,3-4,7-8,16H,2,5-6,9-15H2,(H,23,29)(H,24,31)(H,25,28). The molecule has 1 saturated carbocycles. The summed E-state index contributed by atoms with van der Waals surface area (Å²) in [4.78, 5) is 51.9. The maximum atomic E-state index is 12.8. The Morgan fingerprint density at radius 3 is 2.39 bits per heavy atom. The number of rotatable bonds is 5. The predicted octanol–water partition coefficient (Wildman–Crippen LogP) is 1.62. The van der Waals surface area contributed by atoms with E-state index in [1.54, 1.807) is 0 Å². The lowest BCUT2D eigenvalue weighted by Crippen LogP contribution is -2.53. The van der Waals surface area contributed by atoms with Crippen LogP contribution in [0, 0.1) is 5.92 Å². The first kappa shape index (κ1) is 21.3. The van der Waals surface area contributed by atoms with Gasteiger partial charge in [0.15, 0.2) is 0 Å². The van der Waals surface area contributed by atoms with Crippen molar-refractivity contribution in [1.82, 2.24) is 20.7 Å². The fraction of sp³-hybridized carbons (Fsp3) is 0.545. The number of benzene rings is 1. The van der Waals surface area contributed by atoms with Crippen molar-refractivity contribution in [1.29, 1.82) is 0 Å². The van der Waals surface area contributed by atoms with Crippen molar-refractivity contribution in [3.63, 3.8) is 0 Å². The van der Waals surface area contributed by atoms with E-state index in [0.29, 0.717) is 38.8 Å². The van der Waals surface area contributed by atoms with Gasteiger partial charge in [-0.2, -0.15) is 5.01 Å². The number of hydrazine groups is 1. The van der Waals surface area contributed by atoms with Crippen LogP contribution in [0.5, 0.6) is 0 Å². The minimum Gasteiger partial charge on any atom is -0.326 e. The van der Waals surface area contributed by atoms with Gasteiger partial charge in [0, 0.05) is 11.6 Å². The summed E-state index contributed by atoms with van der Waals surface area (Å²) in [6.45, 7) is 1.28. The molecule has 0 radical (unpaired) electrons. The van der Waals surface area contributed by atoms with Crippen LogP contribution >= 0.6 is 0 Å². The van der Waals surface area contributed by atoms with Gasteiger partial charge in [0.2, 0.25) is 5.91 Å². The fourth-order valence-corrected chi connectivity index (χ4v) is 4.70. The van der Waals surface area contributed by atoms with Gasteiger partial charge in [0.25, 0.3) is 11.8 Å². The van der Waals surface area contributed by atoms with Crippen molar-refractivity contribution in [3.05, 3.63) is 30.3 Å². The molecule has 2 saturated heterocycles. The lowest BCUT2D eigenvalue weighted by atomic mass is 9.82. The Labute approximate surface area is 181 Å². The second kappa shape index (κ2) is 9.05. The molecule has 1 spiro atoms. The van der Waals surface area contributed by atoms with Gasteiger partial charge in [0.05, 0.1) is 6.54 Å². The number of para-hydroxylation sites is 1. The van der Waals surface area contributed by atoms with Crippen LogP contribution < -0.4 is 16.1 Å². The third kappa shape index (κ3) is 4.71. The first-order valence-electron chi connectivity index (χ1n) is 11.0. The summed E-state index contributed by atoms with van der Waals surface area (Å²) in [6, 6.07) is 8.79. The normalized spacial score (nSPS) is 21.7. The first-order chi connectivity index (χ1) is 15.0. The number of imide groups is 1. The zero-order chi connectivity index (χ0) is 21.8. The molecule has 1 aromatic rings. The molecule has 1 aromatic carbocycles. The Kier molecular flexibility index (Phi) is 6.22. The quantitative estimate of drug-likeness (QED) is 0.619. The van der Waals surface area contributed by atoms with Gasteiger partial charge in [-0.15, -0.1) is 0 Å². The molecule has 2 heterocycles. The van der Waals surface area contributed by atoms with Gasteiger partial charge in [-0.1, -0.05) is 37.5 Å². The summed E-state index contributed by atoms with van der Waals surface area (Å²) >= 11 is 0. The Hall–Kier alpha value is -2.94. The highest BCUT2D eigenvalue weighted by atomic mass is 16.2. The van der Waals surface area contributed by atoms with Crippen molar-refractivity contribution < 1.29 is 19.2 Å². The largest absolute Gasteiger partial charge is 0.344 e. The molecule has 9 heteroatoms. The van der Waals surface area contributed by atoms with Gasteiger partial charge < -0.3 is 10.6 Å². The molecule has 0 aromatic heterocycles. The molecule has 3 aliphatic rings. The summed E-state index contributed by atoms with van der Waals surface area (Å²) in [5.41, 5.74) is 2.40. The lowest BCUT2D eigenvalue weighted by Gasteiger charge is -2.31. The summed E-state index contributed by atoms with van der Waals surface area (Å²) in [7, 11) is 0. The van der Waals surface area contributed by atoms with Crippen molar-refractivity contribution in [2.45, 2.75) is 50.5 Å². The van der Waals surface area contributed by atoms with Crippen molar-refractivity contribution in [2.75, 3.05) is 25.0 Å². The molecular formula is C22H29N5O4. The number of hydrogen-bond donors (Lipinski definition) is 3. The van der Waals surface area contributed by atoms with Crippen LogP contribution in [0.15, 0.2) is 30.3 Å². The molecule has 0 unspecified atom stereocenters. The highest BCUT2D eigenvalue weighted by Crippen LogP contribution is 2.33.